The van der Waals surface area contributed by atoms with Gasteiger partial charge in [-0.15, -0.1) is 0 Å². The normalized spacial score (nSPS) is 15.4. The van der Waals surface area contributed by atoms with Gasteiger partial charge < -0.3 is 15.0 Å². The Hall–Kier alpha value is -1.78. The van der Waals surface area contributed by atoms with Crippen molar-refractivity contribution in [2.24, 2.45) is 13.0 Å². The fraction of sp³-hybridized carbons (Fsp3) is 0.500. The first-order valence-corrected chi connectivity index (χ1v) is 5.74. The molecule has 1 fully saturated rings. The third-order valence-corrected chi connectivity index (χ3v) is 3.22. The lowest BCUT2D eigenvalue weighted by molar-refractivity contribution is -0.127. The van der Waals surface area contributed by atoms with Gasteiger partial charge >= 0.3 is 5.97 Å². The van der Waals surface area contributed by atoms with Crippen LogP contribution in [0.4, 0.5) is 0 Å². The van der Waals surface area contributed by atoms with E-state index < -0.39 is 5.97 Å². The van der Waals surface area contributed by atoms with Crippen LogP contribution in [0, 0.1) is 5.92 Å². The van der Waals surface area contributed by atoms with Crippen molar-refractivity contribution in [1.82, 2.24) is 9.88 Å². The first kappa shape index (κ1) is 11.7. The van der Waals surface area contributed by atoms with E-state index >= 15 is 0 Å². The van der Waals surface area contributed by atoms with Crippen LogP contribution in [0.2, 0.25) is 0 Å². The minimum absolute atomic E-state index is 0.0805. The number of carboxylic acids is 1. The number of hydrogen-bond acceptors (Lipinski definition) is 2. The van der Waals surface area contributed by atoms with Gasteiger partial charge in [-0.25, -0.2) is 4.79 Å². The molecule has 1 aromatic heterocycles. The predicted molar refractivity (Wildman–Crippen MR) is 61.6 cm³/mol. The molecule has 1 aliphatic carbocycles. The van der Waals surface area contributed by atoms with Crippen LogP contribution in [-0.4, -0.2) is 21.6 Å². The zero-order valence-corrected chi connectivity index (χ0v) is 9.77. The summed E-state index contributed by atoms with van der Waals surface area (Å²) in [7, 11) is 1.68. The van der Waals surface area contributed by atoms with Crippen molar-refractivity contribution in [2.45, 2.75) is 25.8 Å². The highest BCUT2D eigenvalue weighted by Gasteiger charge is 2.24. The Morgan fingerprint density at radius 1 is 1.53 bits per heavy atom. The van der Waals surface area contributed by atoms with Gasteiger partial charge in [-0.1, -0.05) is 6.42 Å². The van der Waals surface area contributed by atoms with Gasteiger partial charge in [0, 0.05) is 25.7 Å². The standard InChI is InChI=1S/C12H16N2O3/c1-14-7-8(5-10(14)12(16)17)6-13-11(15)9-3-2-4-9/h5,7,9H,2-4,6H2,1H3,(H,13,15)(H,16,17). The summed E-state index contributed by atoms with van der Waals surface area (Å²) >= 11 is 0. The Labute approximate surface area is 99.4 Å². The molecule has 0 aliphatic heterocycles. The molecular weight excluding hydrogens is 220 g/mol. The third kappa shape index (κ3) is 2.49. The molecule has 1 heterocycles. The fourth-order valence-electron chi connectivity index (χ4n) is 1.95. The van der Waals surface area contributed by atoms with Gasteiger partial charge in [0.1, 0.15) is 5.69 Å². The van der Waals surface area contributed by atoms with E-state index in [-0.39, 0.29) is 17.5 Å². The molecular formula is C12H16N2O3. The maximum absolute atomic E-state index is 11.6. The maximum Gasteiger partial charge on any atom is 0.352 e. The number of nitrogens with one attached hydrogen (secondary N) is 1. The molecule has 0 atom stereocenters. The number of carbonyl (C=O) groups excluding carboxylic acids is 1. The van der Waals surface area contributed by atoms with Crippen LogP contribution in [0.25, 0.3) is 0 Å². The van der Waals surface area contributed by atoms with Crippen molar-refractivity contribution in [3.63, 3.8) is 0 Å². The van der Waals surface area contributed by atoms with Gasteiger partial charge in [0.05, 0.1) is 0 Å². The van der Waals surface area contributed by atoms with Crippen molar-refractivity contribution >= 4 is 11.9 Å². The van der Waals surface area contributed by atoms with Gasteiger partial charge in [0.15, 0.2) is 0 Å². The average Bonchev–Trinajstić information content (AvgIpc) is 2.54. The molecule has 0 radical (unpaired) electrons. The number of carboxylic acid groups (broad SMARTS) is 1. The zero-order chi connectivity index (χ0) is 12.4. The topological polar surface area (TPSA) is 71.3 Å². The number of aromatic carboxylic acids is 1. The Morgan fingerprint density at radius 2 is 2.24 bits per heavy atom. The number of aryl methyl sites for hydroxylation is 1. The molecule has 1 aliphatic rings. The van der Waals surface area contributed by atoms with E-state index in [0.717, 1.165) is 24.8 Å². The van der Waals surface area contributed by atoms with Gasteiger partial charge in [0.2, 0.25) is 5.91 Å². The van der Waals surface area contributed by atoms with Crippen molar-refractivity contribution in [2.75, 3.05) is 0 Å². The number of amides is 1. The van der Waals surface area contributed by atoms with E-state index in [1.165, 1.54) is 0 Å². The number of aromatic nitrogens is 1. The van der Waals surface area contributed by atoms with Crippen LogP contribution in [0.5, 0.6) is 0 Å². The van der Waals surface area contributed by atoms with Crippen LogP contribution < -0.4 is 5.32 Å². The molecule has 5 nitrogen and oxygen atoms in total. The molecule has 1 amide bonds. The highest BCUT2D eigenvalue weighted by Crippen LogP contribution is 2.26. The molecule has 1 aromatic rings. The second kappa shape index (κ2) is 4.61. The fourth-order valence-corrected chi connectivity index (χ4v) is 1.95. The van der Waals surface area contributed by atoms with Gasteiger partial charge in [-0.2, -0.15) is 0 Å². The van der Waals surface area contributed by atoms with Gasteiger partial charge in [-0.05, 0) is 24.5 Å². The molecule has 1 saturated carbocycles. The third-order valence-electron chi connectivity index (χ3n) is 3.22. The Morgan fingerprint density at radius 3 is 2.71 bits per heavy atom. The molecule has 0 unspecified atom stereocenters. The Balaban J connectivity index is 1.92. The highest BCUT2D eigenvalue weighted by molar-refractivity contribution is 5.86. The lowest BCUT2D eigenvalue weighted by Gasteiger charge is -2.23. The molecule has 5 heteroatoms. The molecule has 0 aromatic carbocycles. The summed E-state index contributed by atoms with van der Waals surface area (Å²) < 4.78 is 1.55. The lowest BCUT2D eigenvalue weighted by atomic mass is 9.85. The summed E-state index contributed by atoms with van der Waals surface area (Å²) in [4.78, 5) is 22.4. The maximum atomic E-state index is 11.6. The van der Waals surface area contributed by atoms with Crippen molar-refractivity contribution in [3.05, 3.63) is 23.5 Å². The van der Waals surface area contributed by atoms with E-state index in [9.17, 15) is 9.59 Å². The molecule has 2 rings (SSSR count). The Bertz CT molecular complexity index is 447. The monoisotopic (exact) mass is 236 g/mol. The number of carbonyl (C=O) groups is 2. The highest BCUT2D eigenvalue weighted by atomic mass is 16.4. The van der Waals surface area contributed by atoms with E-state index in [1.54, 1.807) is 23.9 Å². The molecule has 92 valence electrons. The number of hydrogen-bond donors (Lipinski definition) is 2. The van der Waals surface area contributed by atoms with E-state index in [1.807, 2.05) is 0 Å². The van der Waals surface area contributed by atoms with Crippen molar-refractivity contribution < 1.29 is 14.7 Å². The molecule has 0 spiro atoms. The average molecular weight is 236 g/mol. The molecule has 2 N–H and O–H groups in total. The molecule has 0 bridgehead atoms. The van der Waals surface area contributed by atoms with Crippen LogP contribution in [0.1, 0.15) is 35.3 Å². The van der Waals surface area contributed by atoms with E-state index in [0.29, 0.717) is 6.54 Å². The zero-order valence-electron chi connectivity index (χ0n) is 9.77. The summed E-state index contributed by atoms with van der Waals surface area (Å²) in [5.74, 6) is -0.710. The predicted octanol–water partition coefficient (Wildman–Crippen LogP) is 1.14. The quantitative estimate of drug-likeness (QED) is 0.823. The van der Waals surface area contributed by atoms with E-state index in [2.05, 4.69) is 5.32 Å². The van der Waals surface area contributed by atoms with Gasteiger partial charge in [0.25, 0.3) is 0 Å². The van der Waals surface area contributed by atoms with Crippen molar-refractivity contribution in [1.29, 1.82) is 0 Å². The largest absolute Gasteiger partial charge is 0.477 e. The van der Waals surface area contributed by atoms with Gasteiger partial charge in [-0.3, -0.25) is 4.79 Å². The van der Waals surface area contributed by atoms with Crippen LogP contribution in [0.3, 0.4) is 0 Å². The van der Waals surface area contributed by atoms with Crippen LogP contribution in [0.15, 0.2) is 12.3 Å². The summed E-state index contributed by atoms with van der Waals surface area (Å²) in [6.07, 6.45) is 4.80. The summed E-state index contributed by atoms with van der Waals surface area (Å²) in [6.45, 7) is 0.399. The van der Waals surface area contributed by atoms with Crippen LogP contribution >= 0.6 is 0 Å². The summed E-state index contributed by atoms with van der Waals surface area (Å²) in [5, 5.41) is 11.7. The van der Waals surface area contributed by atoms with E-state index in [4.69, 9.17) is 5.11 Å². The van der Waals surface area contributed by atoms with Crippen molar-refractivity contribution in [3.8, 4) is 0 Å². The molecule has 0 saturated heterocycles. The Kier molecular flexibility index (Phi) is 3.17. The second-order valence-electron chi connectivity index (χ2n) is 4.50. The summed E-state index contributed by atoms with van der Waals surface area (Å²) in [5.41, 5.74) is 1.05. The summed E-state index contributed by atoms with van der Waals surface area (Å²) in [6, 6.07) is 1.59. The smallest absolute Gasteiger partial charge is 0.352 e. The number of nitrogens with zero attached hydrogens (tertiary/aromatic N) is 1. The minimum atomic E-state index is -0.955. The van der Waals surface area contributed by atoms with Crippen LogP contribution in [-0.2, 0) is 18.4 Å². The lowest BCUT2D eigenvalue weighted by Crippen LogP contribution is -2.33. The second-order valence-corrected chi connectivity index (χ2v) is 4.50. The SMILES string of the molecule is Cn1cc(CNC(=O)C2CCC2)cc1C(=O)O. The number of rotatable bonds is 4. The first-order valence-electron chi connectivity index (χ1n) is 5.74. The first-order chi connectivity index (χ1) is 8.08. The minimum Gasteiger partial charge on any atom is -0.477 e. The molecule has 17 heavy (non-hydrogen) atoms.